The molecule has 4 aromatic rings. The van der Waals surface area contributed by atoms with Crippen LogP contribution in [0.25, 0.3) is 27.7 Å². The predicted octanol–water partition coefficient (Wildman–Crippen LogP) is 3.39. The second-order valence-electron chi connectivity index (χ2n) is 5.98. The van der Waals surface area contributed by atoms with E-state index in [1.165, 1.54) is 10.6 Å². The summed E-state index contributed by atoms with van der Waals surface area (Å²) in [6, 6.07) is 16.1. The van der Waals surface area contributed by atoms with E-state index in [1.807, 2.05) is 30.3 Å². The van der Waals surface area contributed by atoms with Gasteiger partial charge in [-0.15, -0.1) is 0 Å². The van der Waals surface area contributed by atoms with E-state index in [-0.39, 0.29) is 11.5 Å². The number of fused-ring (bicyclic) bond motifs is 1. The van der Waals surface area contributed by atoms with Crippen LogP contribution in [0.4, 0.5) is 0 Å². The number of aromatic nitrogens is 3. The molecule has 0 fully saturated rings. The molecule has 0 aliphatic heterocycles. The highest BCUT2D eigenvalue weighted by Gasteiger charge is 2.14. The number of rotatable bonds is 3. The van der Waals surface area contributed by atoms with Gasteiger partial charge in [0.1, 0.15) is 0 Å². The molecule has 0 saturated carbocycles. The molecule has 0 saturated heterocycles. The SMILES string of the molecule is CNC(=O)c1n[nH]c2cc(-c3ccc(-n4ccccc4=O)cc3Cl)ccc12. The topological polar surface area (TPSA) is 79.8 Å². The minimum absolute atomic E-state index is 0.123. The monoisotopic (exact) mass is 378 g/mol. The van der Waals surface area contributed by atoms with E-state index in [4.69, 9.17) is 11.6 Å². The van der Waals surface area contributed by atoms with Crippen LogP contribution in [0, 0.1) is 0 Å². The van der Waals surface area contributed by atoms with Crippen molar-refractivity contribution in [3.05, 3.63) is 81.9 Å². The molecule has 4 rings (SSSR count). The molecule has 0 unspecified atom stereocenters. The first-order valence-corrected chi connectivity index (χ1v) is 8.64. The molecule has 2 aromatic heterocycles. The molecule has 27 heavy (non-hydrogen) atoms. The van der Waals surface area contributed by atoms with Crippen LogP contribution in [0.3, 0.4) is 0 Å². The third-order valence-electron chi connectivity index (χ3n) is 4.37. The molecule has 0 radical (unpaired) electrons. The van der Waals surface area contributed by atoms with Gasteiger partial charge >= 0.3 is 0 Å². The van der Waals surface area contributed by atoms with Crippen LogP contribution < -0.4 is 10.9 Å². The van der Waals surface area contributed by atoms with Gasteiger partial charge in [0, 0.05) is 30.3 Å². The summed E-state index contributed by atoms with van der Waals surface area (Å²) in [4.78, 5) is 23.8. The van der Waals surface area contributed by atoms with Gasteiger partial charge in [-0.3, -0.25) is 19.3 Å². The predicted molar refractivity (Wildman–Crippen MR) is 106 cm³/mol. The maximum Gasteiger partial charge on any atom is 0.272 e. The lowest BCUT2D eigenvalue weighted by Gasteiger charge is -2.09. The van der Waals surface area contributed by atoms with Crippen LogP contribution in [0.15, 0.2) is 65.6 Å². The Balaban J connectivity index is 1.76. The highest BCUT2D eigenvalue weighted by molar-refractivity contribution is 6.33. The van der Waals surface area contributed by atoms with Gasteiger partial charge in [0.15, 0.2) is 5.69 Å². The molecular formula is C20H15ClN4O2. The molecule has 2 N–H and O–H groups in total. The number of amides is 1. The maximum absolute atomic E-state index is 12.0. The second kappa shape index (κ2) is 6.74. The van der Waals surface area contributed by atoms with Crippen molar-refractivity contribution in [1.82, 2.24) is 20.1 Å². The number of nitrogens with one attached hydrogen (secondary N) is 2. The van der Waals surface area contributed by atoms with Crippen molar-refractivity contribution in [3.8, 4) is 16.8 Å². The molecule has 7 heteroatoms. The number of benzene rings is 2. The van der Waals surface area contributed by atoms with Crippen molar-refractivity contribution in [2.45, 2.75) is 0 Å². The normalized spacial score (nSPS) is 10.9. The third-order valence-corrected chi connectivity index (χ3v) is 4.68. The number of carbonyl (C=O) groups excluding carboxylic acids is 1. The first kappa shape index (κ1) is 17.1. The lowest BCUT2D eigenvalue weighted by molar-refractivity contribution is 0.0959. The number of pyridine rings is 1. The Hall–Kier alpha value is -3.38. The van der Waals surface area contributed by atoms with E-state index in [9.17, 15) is 9.59 Å². The average molecular weight is 379 g/mol. The molecule has 0 spiro atoms. The van der Waals surface area contributed by atoms with Crippen molar-refractivity contribution < 1.29 is 4.79 Å². The molecule has 2 heterocycles. The Kier molecular flexibility index (Phi) is 4.25. The minimum atomic E-state index is -0.246. The summed E-state index contributed by atoms with van der Waals surface area (Å²) in [5.74, 6) is -0.246. The van der Waals surface area contributed by atoms with Crippen molar-refractivity contribution in [2.75, 3.05) is 7.05 Å². The molecule has 0 bridgehead atoms. The number of aromatic amines is 1. The zero-order valence-corrected chi connectivity index (χ0v) is 15.1. The lowest BCUT2D eigenvalue weighted by atomic mass is 10.0. The number of halogens is 1. The van der Waals surface area contributed by atoms with Gasteiger partial charge in [-0.25, -0.2) is 0 Å². The second-order valence-corrected chi connectivity index (χ2v) is 6.39. The maximum atomic E-state index is 12.0. The fourth-order valence-electron chi connectivity index (χ4n) is 3.01. The van der Waals surface area contributed by atoms with Crippen molar-refractivity contribution >= 4 is 28.4 Å². The van der Waals surface area contributed by atoms with Gasteiger partial charge in [0.2, 0.25) is 0 Å². The zero-order chi connectivity index (χ0) is 19.0. The Morgan fingerprint density at radius 3 is 2.74 bits per heavy atom. The van der Waals surface area contributed by atoms with Crippen LogP contribution in [-0.4, -0.2) is 27.7 Å². The number of nitrogens with zero attached hydrogens (tertiary/aromatic N) is 2. The van der Waals surface area contributed by atoms with Gasteiger partial charge in [-0.05, 0) is 35.9 Å². The van der Waals surface area contributed by atoms with Crippen molar-refractivity contribution in [3.63, 3.8) is 0 Å². The summed E-state index contributed by atoms with van der Waals surface area (Å²) < 4.78 is 1.53. The zero-order valence-electron chi connectivity index (χ0n) is 14.4. The van der Waals surface area contributed by atoms with Gasteiger partial charge in [-0.2, -0.15) is 5.10 Å². The van der Waals surface area contributed by atoms with E-state index >= 15 is 0 Å². The van der Waals surface area contributed by atoms with Crippen LogP contribution in [0.5, 0.6) is 0 Å². The summed E-state index contributed by atoms with van der Waals surface area (Å²) in [5.41, 5.74) is 3.37. The quantitative estimate of drug-likeness (QED) is 0.573. The van der Waals surface area contributed by atoms with Crippen LogP contribution in [0.2, 0.25) is 5.02 Å². The standard InChI is InChI=1S/C20H15ClN4O2/c1-22-20(27)19-15-7-5-12(10-17(15)23-24-19)14-8-6-13(11-16(14)21)25-9-3-2-4-18(25)26/h2-11H,1H3,(H,22,27)(H,23,24). The minimum Gasteiger partial charge on any atom is -0.354 e. The Labute approximate surface area is 159 Å². The fourth-order valence-corrected chi connectivity index (χ4v) is 3.29. The summed E-state index contributed by atoms with van der Waals surface area (Å²) in [6.07, 6.45) is 1.70. The average Bonchev–Trinajstić information content (AvgIpc) is 3.11. The molecular weight excluding hydrogens is 364 g/mol. The van der Waals surface area contributed by atoms with Crippen LogP contribution >= 0.6 is 11.6 Å². The number of H-pyrrole nitrogens is 1. The number of hydrogen-bond acceptors (Lipinski definition) is 3. The summed E-state index contributed by atoms with van der Waals surface area (Å²) >= 11 is 6.49. The number of hydrogen-bond donors (Lipinski definition) is 2. The summed E-state index contributed by atoms with van der Waals surface area (Å²) in [7, 11) is 1.57. The van der Waals surface area contributed by atoms with E-state index < -0.39 is 0 Å². The van der Waals surface area contributed by atoms with Gasteiger partial charge in [0.25, 0.3) is 11.5 Å². The Morgan fingerprint density at radius 2 is 2.00 bits per heavy atom. The van der Waals surface area contributed by atoms with Crippen molar-refractivity contribution in [1.29, 1.82) is 0 Å². The van der Waals surface area contributed by atoms with Gasteiger partial charge in [0.05, 0.1) is 16.2 Å². The first-order chi connectivity index (χ1) is 13.1. The first-order valence-electron chi connectivity index (χ1n) is 8.26. The van der Waals surface area contributed by atoms with E-state index in [0.29, 0.717) is 16.4 Å². The highest BCUT2D eigenvalue weighted by atomic mass is 35.5. The van der Waals surface area contributed by atoms with E-state index in [0.717, 1.165) is 22.0 Å². The van der Waals surface area contributed by atoms with E-state index in [1.54, 1.807) is 31.4 Å². The molecule has 2 aromatic carbocycles. The molecule has 6 nitrogen and oxygen atoms in total. The molecule has 134 valence electrons. The van der Waals surface area contributed by atoms with Crippen LogP contribution in [0.1, 0.15) is 10.5 Å². The Morgan fingerprint density at radius 1 is 1.15 bits per heavy atom. The number of carbonyl (C=O) groups is 1. The lowest BCUT2D eigenvalue weighted by Crippen LogP contribution is -2.18. The fraction of sp³-hybridized carbons (Fsp3) is 0.0500. The van der Waals surface area contributed by atoms with Crippen LogP contribution in [-0.2, 0) is 0 Å². The van der Waals surface area contributed by atoms with Crippen molar-refractivity contribution in [2.24, 2.45) is 0 Å². The third kappa shape index (κ3) is 3.00. The Bertz CT molecular complexity index is 1230. The van der Waals surface area contributed by atoms with E-state index in [2.05, 4.69) is 15.5 Å². The largest absolute Gasteiger partial charge is 0.354 e. The molecule has 0 aliphatic carbocycles. The summed E-state index contributed by atoms with van der Waals surface area (Å²) in [5, 5.41) is 10.8. The molecule has 0 atom stereocenters. The summed E-state index contributed by atoms with van der Waals surface area (Å²) in [6.45, 7) is 0. The molecule has 0 aliphatic rings. The smallest absolute Gasteiger partial charge is 0.272 e. The molecule has 1 amide bonds. The van der Waals surface area contributed by atoms with Gasteiger partial charge in [-0.1, -0.05) is 29.8 Å². The highest BCUT2D eigenvalue weighted by Crippen LogP contribution is 2.31. The van der Waals surface area contributed by atoms with Gasteiger partial charge < -0.3 is 5.32 Å².